The number of nitrogens with one attached hydrogen (secondary N) is 2. The topological polar surface area (TPSA) is 41.1 Å². The van der Waals surface area contributed by atoms with Crippen molar-refractivity contribution in [3.8, 4) is 0 Å². The SMILES string of the molecule is CCNCc1ccccc1NC(=O)CC(C)(C)C. The zero-order valence-corrected chi connectivity index (χ0v) is 11.8. The van der Waals surface area contributed by atoms with Crippen molar-refractivity contribution in [2.75, 3.05) is 11.9 Å². The van der Waals surface area contributed by atoms with Crippen LogP contribution in [0, 0.1) is 5.41 Å². The van der Waals surface area contributed by atoms with Crippen LogP contribution in [0.15, 0.2) is 24.3 Å². The molecule has 0 bridgehead atoms. The zero-order chi connectivity index (χ0) is 13.6. The number of para-hydroxylation sites is 1. The number of carbonyl (C=O) groups excluding carboxylic acids is 1. The average Bonchev–Trinajstić information content (AvgIpc) is 2.25. The molecule has 0 fully saturated rings. The molecular formula is C15H24N2O. The van der Waals surface area contributed by atoms with Crippen LogP contribution in [0.5, 0.6) is 0 Å². The normalized spacial score (nSPS) is 11.3. The predicted molar refractivity (Wildman–Crippen MR) is 76.5 cm³/mol. The Bertz CT molecular complexity index is 394. The van der Waals surface area contributed by atoms with Gasteiger partial charge in [-0.3, -0.25) is 4.79 Å². The molecule has 0 aromatic heterocycles. The monoisotopic (exact) mass is 248 g/mol. The Morgan fingerprint density at radius 1 is 1.22 bits per heavy atom. The molecule has 1 amide bonds. The summed E-state index contributed by atoms with van der Waals surface area (Å²) >= 11 is 0. The molecule has 0 radical (unpaired) electrons. The highest BCUT2D eigenvalue weighted by atomic mass is 16.1. The molecule has 0 aliphatic carbocycles. The molecule has 0 aliphatic heterocycles. The summed E-state index contributed by atoms with van der Waals surface area (Å²) in [7, 11) is 0. The Hall–Kier alpha value is -1.35. The van der Waals surface area contributed by atoms with Crippen molar-refractivity contribution < 1.29 is 4.79 Å². The van der Waals surface area contributed by atoms with Crippen LogP contribution in [0.3, 0.4) is 0 Å². The summed E-state index contributed by atoms with van der Waals surface area (Å²) in [6.07, 6.45) is 0.530. The Labute approximate surface area is 110 Å². The van der Waals surface area contributed by atoms with E-state index >= 15 is 0 Å². The van der Waals surface area contributed by atoms with Gasteiger partial charge in [0, 0.05) is 18.7 Å². The van der Waals surface area contributed by atoms with E-state index in [-0.39, 0.29) is 11.3 Å². The van der Waals surface area contributed by atoms with Crippen LogP contribution < -0.4 is 10.6 Å². The second kappa shape index (κ2) is 6.55. The second-order valence-corrected chi connectivity index (χ2v) is 5.72. The third-order valence-corrected chi connectivity index (χ3v) is 2.55. The summed E-state index contributed by atoms with van der Waals surface area (Å²) in [5.74, 6) is 0.0754. The van der Waals surface area contributed by atoms with Crippen molar-refractivity contribution in [3.05, 3.63) is 29.8 Å². The van der Waals surface area contributed by atoms with Crippen LogP contribution >= 0.6 is 0 Å². The Balaban J connectivity index is 2.68. The van der Waals surface area contributed by atoms with Gasteiger partial charge < -0.3 is 10.6 Å². The van der Waals surface area contributed by atoms with E-state index < -0.39 is 0 Å². The standard InChI is InChI=1S/C15H24N2O/c1-5-16-11-12-8-6-7-9-13(12)17-14(18)10-15(2,3)4/h6-9,16H,5,10-11H2,1-4H3,(H,17,18). The van der Waals surface area contributed by atoms with E-state index in [1.54, 1.807) is 0 Å². The van der Waals surface area contributed by atoms with Gasteiger partial charge in [-0.05, 0) is 23.6 Å². The van der Waals surface area contributed by atoms with Crippen LogP contribution in [-0.2, 0) is 11.3 Å². The van der Waals surface area contributed by atoms with Gasteiger partial charge in [0.15, 0.2) is 0 Å². The molecule has 1 rings (SSSR count). The molecule has 0 heterocycles. The number of anilines is 1. The first-order valence-corrected chi connectivity index (χ1v) is 6.51. The van der Waals surface area contributed by atoms with E-state index in [2.05, 4.69) is 38.3 Å². The molecule has 0 spiro atoms. The van der Waals surface area contributed by atoms with Crippen molar-refractivity contribution in [1.29, 1.82) is 0 Å². The number of amides is 1. The second-order valence-electron chi connectivity index (χ2n) is 5.72. The van der Waals surface area contributed by atoms with Crippen LogP contribution in [0.2, 0.25) is 0 Å². The summed E-state index contributed by atoms with van der Waals surface area (Å²) < 4.78 is 0. The lowest BCUT2D eigenvalue weighted by atomic mass is 9.92. The maximum absolute atomic E-state index is 11.9. The fourth-order valence-corrected chi connectivity index (χ4v) is 1.73. The maximum atomic E-state index is 11.9. The van der Waals surface area contributed by atoms with Crippen LogP contribution in [0.1, 0.15) is 39.7 Å². The lowest BCUT2D eigenvalue weighted by molar-refractivity contribution is -0.117. The number of rotatable bonds is 5. The van der Waals surface area contributed by atoms with Gasteiger partial charge in [-0.25, -0.2) is 0 Å². The average molecular weight is 248 g/mol. The molecule has 0 saturated heterocycles. The van der Waals surface area contributed by atoms with E-state index in [1.807, 2.05) is 24.3 Å². The van der Waals surface area contributed by atoms with Crippen LogP contribution in [0.4, 0.5) is 5.69 Å². The first-order chi connectivity index (χ1) is 8.42. The predicted octanol–water partition coefficient (Wildman–Crippen LogP) is 3.17. The van der Waals surface area contributed by atoms with Gasteiger partial charge in [0.2, 0.25) is 5.91 Å². The first kappa shape index (κ1) is 14.7. The third-order valence-electron chi connectivity index (χ3n) is 2.55. The highest BCUT2D eigenvalue weighted by Crippen LogP contribution is 2.21. The molecule has 0 atom stereocenters. The molecule has 100 valence electrons. The fourth-order valence-electron chi connectivity index (χ4n) is 1.73. The van der Waals surface area contributed by atoms with E-state index in [9.17, 15) is 4.79 Å². The quantitative estimate of drug-likeness (QED) is 0.840. The van der Waals surface area contributed by atoms with E-state index in [0.29, 0.717) is 6.42 Å². The molecule has 18 heavy (non-hydrogen) atoms. The summed E-state index contributed by atoms with van der Waals surface area (Å²) in [6.45, 7) is 9.97. The van der Waals surface area contributed by atoms with Gasteiger partial charge in [0.1, 0.15) is 0 Å². The van der Waals surface area contributed by atoms with Gasteiger partial charge in [0.25, 0.3) is 0 Å². The smallest absolute Gasteiger partial charge is 0.224 e. The minimum Gasteiger partial charge on any atom is -0.326 e. The Kier molecular flexibility index (Phi) is 5.35. The fraction of sp³-hybridized carbons (Fsp3) is 0.533. The lowest BCUT2D eigenvalue weighted by Crippen LogP contribution is -2.21. The first-order valence-electron chi connectivity index (χ1n) is 6.51. The number of carbonyl (C=O) groups is 1. The molecule has 2 N–H and O–H groups in total. The Morgan fingerprint density at radius 3 is 2.50 bits per heavy atom. The molecule has 1 aromatic carbocycles. The molecule has 0 saturated carbocycles. The highest BCUT2D eigenvalue weighted by Gasteiger charge is 2.16. The molecular weight excluding hydrogens is 224 g/mol. The van der Waals surface area contributed by atoms with Gasteiger partial charge in [-0.1, -0.05) is 45.9 Å². The molecule has 3 nitrogen and oxygen atoms in total. The van der Waals surface area contributed by atoms with Gasteiger partial charge in [-0.2, -0.15) is 0 Å². The van der Waals surface area contributed by atoms with Gasteiger partial charge in [0.05, 0.1) is 0 Å². The minimum absolute atomic E-state index is 0.0146. The van der Waals surface area contributed by atoms with Crippen molar-refractivity contribution >= 4 is 11.6 Å². The van der Waals surface area contributed by atoms with Gasteiger partial charge >= 0.3 is 0 Å². The van der Waals surface area contributed by atoms with E-state index in [0.717, 1.165) is 24.3 Å². The van der Waals surface area contributed by atoms with Crippen molar-refractivity contribution in [2.24, 2.45) is 5.41 Å². The molecule has 1 aromatic rings. The summed E-state index contributed by atoms with van der Waals surface area (Å²) in [5.41, 5.74) is 2.05. The summed E-state index contributed by atoms with van der Waals surface area (Å²) in [5, 5.41) is 6.27. The number of hydrogen-bond donors (Lipinski definition) is 2. The summed E-state index contributed by atoms with van der Waals surface area (Å²) in [4.78, 5) is 11.9. The maximum Gasteiger partial charge on any atom is 0.224 e. The Morgan fingerprint density at radius 2 is 1.89 bits per heavy atom. The van der Waals surface area contributed by atoms with Crippen molar-refractivity contribution in [1.82, 2.24) is 5.32 Å². The number of benzene rings is 1. The molecule has 0 aliphatic rings. The van der Waals surface area contributed by atoms with Gasteiger partial charge in [-0.15, -0.1) is 0 Å². The van der Waals surface area contributed by atoms with Crippen LogP contribution in [-0.4, -0.2) is 12.5 Å². The molecule has 0 unspecified atom stereocenters. The summed E-state index contributed by atoms with van der Waals surface area (Å²) in [6, 6.07) is 7.93. The lowest BCUT2D eigenvalue weighted by Gasteiger charge is -2.18. The minimum atomic E-state index is 0.0146. The van der Waals surface area contributed by atoms with Crippen molar-refractivity contribution in [3.63, 3.8) is 0 Å². The zero-order valence-electron chi connectivity index (χ0n) is 11.8. The van der Waals surface area contributed by atoms with E-state index in [1.165, 1.54) is 0 Å². The highest BCUT2D eigenvalue weighted by molar-refractivity contribution is 5.91. The van der Waals surface area contributed by atoms with Crippen molar-refractivity contribution in [2.45, 2.75) is 40.7 Å². The number of hydrogen-bond acceptors (Lipinski definition) is 2. The van der Waals surface area contributed by atoms with E-state index in [4.69, 9.17) is 0 Å². The largest absolute Gasteiger partial charge is 0.326 e. The third kappa shape index (κ3) is 5.32. The molecule has 3 heteroatoms. The van der Waals surface area contributed by atoms with Crippen LogP contribution in [0.25, 0.3) is 0 Å².